The lowest BCUT2D eigenvalue weighted by Gasteiger charge is -2.06. The third kappa shape index (κ3) is 3.19. The molecule has 0 aliphatic heterocycles. The van der Waals surface area contributed by atoms with E-state index in [9.17, 15) is 0 Å². The maximum atomic E-state index is 5.29. The van der Waals surface area contributed by atoms with E-state index in [1.807, 2.05) is 6.92 Å². The number of methoxy groups -OCH3 is 3. The first-order valence-electron chi connectivity index (χ1n) is 5.27. The van der Waals surface area contributed by atoms with E-state index in [4.69, 9.17) is 18.9 Å². The molecule has 0 bridgehead atoms. The molecule has 0 aliphatic carbocycles. The molecule has 0 aliphatic rings. The van der Waals surface area contributed by atoms with E-state index in [0.717, 1.165) is 0 Å². The van der Waals surface area contributed by atoms with Gasteiger partial charge in [0.2, 0.25) is 0 Å². The van der Waals surface area contributed by atoms with Crippen LogP contribution >= 0.6 is 0 Å². The van der Waals surface area contributed by atoms with Crippen molar-refractivity contribution in [2.45, 2.75) is 6.92 Å². The van der Waals surface area contributed by atoms with Crippen molar-refractivity contribution in [3.8, 4) is 12.0 Å². The van der Waals surface area contributed by atoms with E-state index in [-0.39, 0.29) is 18.1 Å². The zero-order valence-electron chi connectivity index (χ0n) is 11.1. The topological polar surface area (TPSA) is 78.6 Å². The quantitative estimate of drug-likeness (QED) is 0.433. The molecular weight excluding hydrogens is 240 g/mol. The molecule has 100 valence electrons. The highest BCUT2D eigenvalue weighted by molar-refractivity contribution is 5.61. The zero-order chi connectivity index (χ0) is 13.5. The Labute approximate surface area is 105 Å². The molecule has 1 aromatic rings. The van der Waals surface area contributed by atoms with Crippen molar-refractivity contribution in [3.63, 3.8) is 0 Å². The summed E-state index contributed by atoms with van der Waals surface area (Å²) in [6.45, 7) is 2.31. The van der Waals surface area contributed by atoms with Crippen molar-refractivity contribution in [2.24, 2.45) is 0 Å². The summed E-state index contributed by atoms with van der Waals surface area (Å²) in [6, 6.07) is 0.298. The first-order valence-corrected chi connectivity index (χ1v) is 5.27. The van der Waals surface area contributed by atoms with Gasteiger partial charge in [0.05, 0.1) is 35.0 Å². The zero-order valence-corrected chi connectivity index (χ0v) is 11.1. The van der Waals surface area contributed by atoms with E-state index in [1.54, 1.807) is 7.05 Å². The van der Waals surface area contributed by atoms with Gasteiger partial charge in [-0.05, 0) is 16.9 Å². The SMILES string of the molecule is CCOC(OC)=[N+](C)c1nc(OC)nc(OC)n1. The van der Waals surface area contributed by atoms with Gasteiger partial charge in [-0.3, -0.25) is 0 Å². The Morgan fingerprint density at radius 2 is 1.61 bits per heavy atom. The van der Waals surface area contributed by atoms with Crippen molar-refractivity contribution in [2.75, 3.05) is 35.0 Å². The number of rotatable bonds is 4. The van der Waals surface area contributed by atoms with Gasteiger partial charge in [-0.2, -0.15) is 4.58 Å². The Morgan fingerprint density at radius 3 is 2.00 bits per heavy atom. The predicted octanol–water partition coefficient (Wildman–Crippen LogP) is 0.202. The molecule has 1 aromatic heterocycles. The smallest absolute Gasteiger partial charge is 0.448 e. The minimum Gasteiger partial charge on any atom is -0.454 e. The monoisotopic (exact) mass is 257 g/mol. The molecule has 8 heteroatoms. The molecular formula is C10H17N4O4+. The van der Waals surface area contributed by atoms with Crippen LogP contribution in [0.2, 0.25) is 0 Å². The van der Waals surface area contributed by atoms with E-state index < -0.39 is 0 Å². The highest BCUT2D eigenvalue weighted by atomic mass is 16.7. The summed E-state index contributed by atoms with van der Waals surface area (Å²) in [4.78, 5) is 12.0. The summed E-state index contributed by atoms with van der Waals surface area (Å²) in [5, 5.41) is 0. The lowest BCUT2D eigenvalue weighted by atomic mass is 10.8. The summed E-state index contributed by atoms with van der Waals surface area (Å²) in [6.07, 6.45) is 0.271. The summed E-state index contributed by atoms with van der Waals surface area (Å²) >= 11 is 0. The molecule has 0 spiro atoms. The van der Waals surface area contributed by atoms with E-state index in [0.29, 0.717) is 12.6 Å². The minimum absolute atomic E-state index is 0.149. The number of aromatic nitrogens is 3. The van der Waals surface area contributed by atoms with Crippen LogP contribution in [0.25, 0.3) is 0 Å². The molecule has 0 saturated carbocycles. The van der Waals surface area contributed by atoms with Gasteiger partial charge in [-0.1, -0.05) is 0 Å². The van der Waals surface area contributed by atoms with Gasteiger partial charge in [-0.15, -0.1) is 4.98 Å². The minimum atomic E-state index is 0.149. The number of hydrogen-bond acceptors (Lipinski definition) is 7. The highest BCUT2D eigenvalue weighted by Gasteiger charge is 2.22. The second-order valence-corrected chi connectivity index (χ2v) is 3.07. The molecule has 0 saturated heterocycles. The van der Waals surface area contributed by atoms with Crippen molar-refractivity contribution in [1.82, 2.24) is 15.0 Å². The lowest BCUT2D eigenvalue weighted by Crippen LogP contribution is -2.20. The van der Waals surface area contributed by atoms with Crippen LogP contribution in [0.15, 0.2) is 0 Å². The normalized spacial score (nSPS) is 11.6. The molecule has 8 nitrogen and oxygen atoms in total. The Balaban J connectivity index is 3.21. The van der Waals surface area contributed by atoms with E-state index in [2.05, 4.69) is 15.0 Å². The first-order chi connectivity index (χ1) is 8.65. The largest absolute Gasteiger partial charge is 0.454 e. The summed E-state index contributed by atoms with van der Waals surface area (Å²) in [5.74, 6) is 0.295. The Hall–Kier alpha value is -2.12. The van der Waals surface area contributed by atoms with Gasteiger partial charge in [0, 0.05) is 0 Å². The van der Waals surface area contributed by atoms with Gasteiger partial charge in [-0.25, -0.2) is 0 Å². The molecule has 0 unspecified atom stereocenters. The first kappa shape index (κ1) is 13.9. The summed E-state index contributed by atoms with van der Waals surface area (Å²) < 4.78 is 21.8. The number of nitrogens with zero attached hydrogens (tertiary/aromatic N) is 4. The van der Waals surface area contributed by atoms with Gasteiger partial charge in [0.25, 0.3) is 0 Å². The van der Waals surface area contributed by atoms with Crippen LogP contribution in [-0.4, -0.2) is 60.6 Å². The van der Waals surface area contributed by atoms with Gasteiger partial charge < -0.3 is 18.9 Å². The van der Waals surface area contributed by atoms with Crippen molar-refractivity contribution < 1.29 is 23.5 Å². The molecule has 18 heavy (non-hydrogen) atoms. The Bertz CT molecular complexity index is 414. The fraction of sp³-hybridized carbons (Fsp3) is 0.600. The molecule has 1 rings (SSSR count). The highest BCUT2D eigenvalue weighted by Crippen LogP contribution is 2.13. The molecule has 0 radical (unpaired) electrons. The predicted molar refractivity (Wildman–Crippen MR) is 62.4 cm³/mol. The Morgan fingerprint density at radius 1 is 1.06 bits per heavy atom. The van der Waals surface area contributed by atoms with E-state index >= 15 is 0 Å². The second kappa shape index (κ2) is 6.58. The number of ether oxygens (including phenoxy) is 4. The van der Waals surface area contributed by atoms with Crippen molar-refractivity contribution in [1.29, 1.82) is 0 Å². The molecule has 0 fully saturated rings. The van der Waals surface area contributed by atoms with Crippen molar-refractivity contribution in [3.05, 3.63) is 0 Å². The third-order valence-corrected chi connectivity index (χ3v) is 1.96. The van der Waals surface area contributed by atoms with Gasteiger partial charge in [0.1, 0.15) is 0 Å². The lowest BCUT2D eigenvalue weighted by molar-refractivity contribution is -0.438. The van der Waals surface area contributed by atoms with E-state index in [1.165, 1.54) is 25.9 Å². The fourth-order valence-electron chi connectivity index (χ4n) is 1.16. The number of hydrogen-bond donors (Lipinski definition) is 0. The Kier molecular flexibility index (Phi) is 5.09. The van der Waals surface area contributed by atoms with Crippen LogP contribution < -0.4 is 9.47 Å². The van der Waals surface area contributed by atoms with Gasteiger partial charge >= 0.3 is 24.1 Å². The van der Waals surface area contributed by atoms with Crippen LogP contribution in [0, 0.1) is 0 Å². The van der Waals surface area contributed by atoms with Crippen molar-refractivity contribution >= 4 is 12.0 Å². The third-order valence-electron chi connectivity index (χ3n) is 1.96. The van der Waals surface area contributed by atoms with Crippen LogP contribution in [0.4, 0.5) is 5.95 Å². The van der Waals surface area contributed by atoms with Crippen LogP contribution in [0.1, 0.15) is 6.92 Å². The molecule has 0 atom stereocenters. The maximum absolute atomic E-state index is 5.29. The summed E-state index contributed by atoms with van der Waals surface area (Å²) in [7, 11) is 6.12. The molecule has 0 N–H and O–H groups in total. The van der Waals surface area contributed by atoms with Crippen LogP contribution in [0.3, 0.4) is 0 Å². The standard InChI is InChI=1S/C10H17N4O4/c1-6-18-10(17-5)14(2)7-11-8(15-3)13-9(12-7)16-4/h6H2,1-5H3/q+1. The molecule has 0 amide bonds. The average molecular weight is 257 g/mol. The van der Waals surface area contributed by atoms with Crippen LogP contribution in [0.5, 0.6) is 12.0 Å². The molecule has 1 heterocycles. The van der Waals surface area contributed by atoms with Gasteiger partial charge in [0.15, 0.2) is 0 Å². The maximum Gasteiger partial charge on any atom is 0.448 e. The summed E-state index contributed by atoms with van der Waals surface area (Å²) in [5.41, 5.74) is 0. The second-order valence-electron chi connectivity index (χ2n) is 3.07. The molecule has 0 aromatic carbocycles. The fourth-order valence-corrected chi connectivity index (χ4v) is 1.16. The van der Waals surface area contributed by atoms with Crippen LogP contribution in [-0.2, 0) is 9.47 Å². The average Bonchev–Trinajstić information content (AvgIpc) is 2.43.